The molecule has 1 amide bonds. The summed E-state index contributed by atoms with van der Waals surface area (Å²) in [6, 6.07) is 12.2. The van der Waals surface area contributed by atoms with Crippen LogP contribution in [-0.2, 0) is 21.2 Å². The van der Waals surface area contributed by atoms with Crippen LogP contribution in [0, 0.1) is 6.92 Å². The van der Waals surface area contributed by atoms with Crippen molar-refractivity contribution in [1.82, 2.24) is 9.71 Å². The minimum Gasteiger partial charge on any atom is -0.325 e. The molecule has 0 aliphatic rings. The topological polar surface area (TPSA) is 88.2 Å². The van der Waals surface area contributed by atoms with Crippen LogP contribution < -0.4 is 10.0 Å². The third-order valence-electron chi connectivity index (χ3n) is 3.87. The maximum Gasteiger partial charge on any atom is 0.241 e. The molecule has 6 nitrogen and oxygen atoms in total. The number of carbonyl (C=O) groups is 1. The van der Waals surface area contributed by atoms with Crippen LogP contribution >= 0.6 is 11.3 Å². The molecule has 0 atom stereocenters. The second-order valence-corrected chi connectivity index (χ2v) is 8.75. The van der Waals surface area contributed by atoms with E-state index in [2.05, 4.69) is 15.0 Å². The van der Waals surface area contributed by atoms with Crippen LogP contribution in [0.25, 0.3) is 10.2 Å². The zero-order valence-corrected chi connectivity index (χ0v) is 16.1. The molecule has 0 fully saturated rings. The fourth-order valence-corrected chi connectivity index (χ4v) is 4.53. The van der Waals surface area contributed by atoms with Gasteiger partial charge in [-0.1, -0.05) is 25.1 Å². The van der Waals surface area contributed by atoms with Crippen molar-refractivity contribution in [2.24, 2.45) is 0 Å². The lowest BCUT2D eigenvalue weighted by Crippen LogP contribution is -2.33. The van der Waals surface area contributed by atoms with Gasteiger partial charge in [-0.25, -0.2) is 18.1 Å². The third kappa shape index (κ3) is 4.09. The Balaban J connectivity index is 1.69. The molecule has 0 bridgehead atoms. The van der Waals surface area contributed by atoms with E-state index >= 15 is 0 Å². The number of nitrogens with zero attached hydrogens (tertiary/aromatic N) is 1. The fraction of sp³-hybridized carbons (Fsp3) is 0.222. The Kier molecular flexibility index (Phi) is 5.36. The van der Waals surface area contributed by atoms with Crippen molar-refractivity contribution in [2.75, 3.05) is 11.9 Å². The highest BCUT2D eigenvalue weighted by Crippen LogP contribution is 2.24. The van der Waals surface area contributed by atoms with E-state index < -0.39 is 15.9 Å². The van der Waals surface area contributed by atoms with Gasteiger partial charge in [0.1, 0.15) is 0 Å². The van der Waals surface area contributed by atoms with E-state index in [4.69, 9.17) is 0 Å². The monoisotopic (exact) mass is 389 g/mol. The van der Waals surface area contributed by atoms with Crippen molar-refractivity contribution in [2.45, 2.75) is 25.2 Å². The predicted molar refractivity (Wildman–Crippen MR) is 104 cm³/mol. The molecule has 2 N–H and O–H groups in total. The molecule has 3 aromatic rings. The van der Waals surface area contributed by atoms with Crippen molar-refractivity contribution >= 4 is 43.2 Å². The molecule has 0 aliphatic carbocycles. The number of anilines is 1. The number of aryl methyl sites for hydroxylation is 2. The van der Waals surface area contributed by atoms with Gasteiger partial charge in [0.15, 0.2) is 0 Å². The Hall–Kier alpha value is -2.29. The Labute approximate surface area is 156 Å². The summed E-state index contributed by atoms with van der Waals surface area (Å²) in [5.41, 5.74) is 2.45. The number of para-hydroxylation sites is 1. The van der Waals surface area contributed by atoms with Crippen LogP contribution in [-0.4, -0.2) is 25.9 Å². The van der Waals surface area contributed by atoms with E-state index in [1.54, 1.807) is 18.2 Å². The Bertz CT molecular complexity index is 1060. The number of rotatable bonds is 6. The molecule has 0 saturated heterocycles. The number of hydrogen-bond donors (Lipinski definition) is 2. The van der Waals surface area contributed by atoms with Crippen molar-refractivity contribution in [3.05, 3.63) is 53.0 Å². The number of nitrogens with one attached hydrogen (secondary N) is 2. The molecule has 0 spiro atoms. The van der Waals surface area contributed by atoms with Crippen molar-refractivity contribution < 1.29 is 13.2 Å². The largest absolute Gasteiger partial charge is 0.325 e. The lowest BCUT2D eigenvalue weighted by molar-refractivity contribution is -0.115. The molecule has 0 radical (unpaired) electrons. The molecule has 8 heteroatoms. The summed E-state index contributed by atoms with van der Waals surface area (Å²) in [5.74, 6) is -0.413. The van der Waals surface area contributed by atoms with Crippen molar-refractivity contribution in [3.8, 4) is 0 Å². The zero-order valence-electron chi connectivity index (χ0n) is 14.4. The first-order valence-electron chi connectivity index (χ1n) is 8.13. The second kappa shape index (κ2) is 7.53. The normalized spacial score (nSPS) is 11.6. The van der Waals surface area contributed by atoms with Crippen LogP contribution in [0.5, 0.6) is 0 Å². The van der Waals surface area contributed by atoms with Gasteiger partial charge >= 0.3 is 0 Å². The Morgan fingerprint density at radius 1 is 1.19 bits per heavy atom. The third-order valence-corrected chi connectivity index (χ3v) is 6.20. The van der Waals surface area contributed by atoms with Crippen LogP contribution in [0.1, 0.15) is 17.5 Å². The highest BCUT2D eigenvalue weighted by molar-refractivity contribution is 7.89. The quantitative estimate of drug-likeness (QED) is 0.678. The molecule has 1 aromatic heterocycles. The first-order valence-corrected chi connectivity index (χ1v) is 10.4. The number of fused-ring (bicyclic) bond motifs is 1. The van der Waals surface area contributed by atoms with E-state index in [1.807, 2.05) is 32.0 Å². The van der Waals surface area contributed by atoms with Gasteiger partial charge in [0, 0.05) is 5.69 Å². The zero-order chi connectivity index (χ0) is 18.7. The Morgan fingerprint density at radius 2 is 1.96 bits per heavy atom. The van der Waals surface area contributed by atoms with Crippen molar-refractivity contribution in [3.63, 3.8) is 0 Å². The van der Waals surface area contributed by atoms with E-state index in [-0.39, 0.29) is 11.4 Å². The second-order valence-electron chi connectivity index (χ2n) is 5.75. The number of amides is 1. The van der Waals surface area contributed by atoms with Gasteiger partial charge in [-0.2, -0.15) is 0 Å². The summed E-state index contributed by atoms with van der Waals surface area (Å²) in [7, 11) is -3.78. The van der Waals surface area contributed by atoms with Gasteiger partial charge in [-0.15, -0.1) is 11.3 Å². The SMILES string of the molecule is CCc1ccccc1NC(=O)CNS(=O)(=O)c1ccc2nc(C)sc2c1. The van der Waals surface area contributed by atoms with E-state index in [1.165, 1.54) is 17.4 Å². The first kappa shape index (κ1) is 18.5. The standard InChI is InChI=1S/C18H19N3O3S2/c1-3-13-6-4-5-7-15(13)21-18(22)11-19-26(23,24)14-8-9-16-17(10-14)25-12(2)20-16/h4-10,19H,3,11H2,1-2H3,(H,21,22). The highest BCUT2D eigenvalue weighted by atomic mass is 32.2. The molecule has 2 aromatic carbocycles. The maximum absolute atomic E-state index is 12.5. The number of benzene rings is 2. The molecular formula is C18H19N3O3S2. The molecular weight excluding hydrogens is 370 g/mol. The lowest BCUT2D eigenvalue weighted by atomic mass is 10.1. The number of thiazole rings is 1. The first-order chi connectivity index (χ1) is 12.4. The fourth-order valence-electron chi connectivity index (χ4n) is 2.58. The smallest absolute Gasteiger partial charge is 0.241 e. The summed E-state index contributed by atoms with van der Waals surface area (Å²) in [4.78, 5) is 16.6. The van der Waals surface area contributed by atoms with Gasteiger partial charge in [0.25, 0.3) is 0 Å². The van der Waals surface area contributed by atoms with E-state index in [9.17, 15) is 13.2 Å². The summed E-state index contributed by atoms with van der Waals surface area (Å²) in [6.07, 6.45) is 0.774. The van der Waals surface area contributed by atoms with Crippen molar-refractivity contribution in [1.29, 1.82) is 0 Å². The maximum atomic E-state index is 12.5. The molecule has 0 saturated carbocycles. The molecule has 3 rings (SSSR count). The van der Waals surface area contributed by atoms with Gasteiger partial charge in [0.05, 0.1) is 26.7 Å². The summed E-state index contributed by atoms with van der Waals surface area (Å²) < 4.78 is 28.1. The highest BCUT2D eigenvalue weighted by Gasteiger charge is 2.17. The van der Waals surface area contributed by atoms with Crippen LogP contribution in [0.3, 0.4) is 0 Å². The van der Waals surface area contributed by atoms with E-state index in [0.717, 1.165) is 27.2 Å². The molecule has 26 heavy (non-hydrogen) atoms. The molecule has 1 heterocycles. The number of aromatic nitrogens is 1. The molecule has 136 valence electrons. The van der Waals surface area contributed by atoms with Gasteiger partial charge in [-0.3, -0.25) is 4.79 Å². The Morgan fingerprint density at radius 3 is 2.73 bits per heavy atom. The summed E-state index contributed by atoms with van der Waals surface area (Å²) >= 11 is 1.43. The van der Waals surface area contributed by atoms with Gasteiger partial charge < -0.3 is 5.32 Å². The van der Waals surface area contributed by atoms with Crippen LogP contribution in [0.15, 0.2) is 47.4 Å². The number of hydrogen-bond acceptors (Lipinski definition) is 5. The molecule has 0 aliphatic heterocycles. The van der Waals surface area contributed by atoms with Gasteiger partial charge in [-0.05, 0) is 43.2 Å². The molecule has 0 unspecified atom stereocenters. The summed E-state index contributed by atoms with van der Waals surface area (Å²) in [6.45, 7) is 3.53. The minimum atomic E-state index is -3.78. The summed E-state index contributed by atoms with van der Waals surface area (Å²) in [5, 5.41) is 3.62. The number of carbonyl (C=O) groups excluding carboxylic acids is 1. The average Bonchev–Trinajstić information content (AvgIpc) is 2.99. The van der Waals surface area contributed by atoms with Gasteiger partial charge in [0.2, 0.25) is 15.9 Å². The van der Waals surface area contributed by atoms with Crippen LogP contribution in [0.4, 0.5) is 5.69 Å². The minimum absolute atomic E-state index is 0.121. The van der Waals surface area contributed by atoms with E-state index in [0.29, 0.717) is 5.69 Å². The number of sulfonamides is 1. The average molecular weight is 390 g/mol. The predicted octanol–water partition coefficient (Wildman–Crippen LogP) is 3.08. The lowest BCUT2D eigenvalue weighted by Gasteiger charge is -2.10. The van der Waals surface area contributed by atoms with Crippen LogP contribution in [0.2, 0.25) is 0 Å².